The molecule has 0 N–H and O–H groups in total. The zero-order chi connectivity index (χ0) is 14.8. The maximum absolute atomic E-state index is 12.0. The van der Waals surface area contributed by atoms with Crippen LogP contribution in [-0.2, 0) is 19.1 Å². The molecule has 7 heteroatoms. The molecule has 1 aliphatic rings. The van der Waals surface area contributed by atoms with Crippen molar-refractivity contribution < 1.29 is 22.1 Å². The van der Waals surface area contributed by atoms with Crippen molar-refractivity contribution in [3.8, 4) is 5.75 Å². The summed E-state index contributed by atoms with van der Waals surface area (Å²) in [5, 5.41) is 0. The fourth-order valence-electron chi connectivity index (χ4n) is 2.12. The van der Waals surface area contributed by atoms with Gasteiger partial charge >= 0.3 is 0 Å². The molecule has 2 rings (SSSR count). The Morgan fingerprint density at radius 1 is 1.30 bits per heavy atom. The molecule has 0 aromatic heterocycles. The summed E-state index contributed by atoms with van der Waals surface area (Å²) in [5.74, 6) is 0.578. The quantitative estimate of drug-likeness (QED) is 0.759. The second kappa shape index (κ2) is 5.80. The molecule has 1 unspecified atom stereocenters. The van der Waals surface area contributed by atoms with E-state index in [0.717, 1.165) is 17.7 Å². The van der Waals surface area contributed by atoms with Crippen LogP contribution in [0.5, 0.6) is 5.75 Å². The van der Waals surface area contributed by atoms with Crippen LogP contribution in [0, 0.1) is 5.92 Å². The molecule has 0 bridgehead atoms. The summed E-state index contributed by atoms with van der Waals surface area (Å²) in [7, 11) is -1.89. The van der Waals surface area contributed by atoms with Crippen LogP contribution in [0.1, 0.15) is 6.42 Å². The van der Waals surface area contributed by atoms with Crippen molar-refractivity contribution in [1.82, 2.24) is 0 Å². The molecule has 0 aliphatic carbocycles. The lowest BCUT2D eigenvalue weighted by molar-refractivity contribution is -0.117. The van der Waals surface area contributed by atoms with E-state index < -0.39 is 10.1 Å². The number of anilines is 1. The summed E-state index contributed by atoms with van der Waals surface area (Å²) < 4.78 is 31.7. The molecule has 20 heavy (non-hydrogen) atoms. The van der Waals surface area contributed by atoms with Crippen molar-refractivity contribution in [3.05, 3.63) is 24.3 Å². The molecule has 0 saturated carbocycles. The highest BCUT2D eigenvalue weighted by atomic mass is 32.2. The van der Waals surface area contributed by atoms with Gasteiger partial charge < -0.3 is 9.64 Å². The minimum Gasteiger partial charge on any atom is -0.497 e. The third kappa shape index (κ3) is 3.71. The van der Waals surface area contributed by atoms with E-state index in [1.54, 1.807) is 36.3 Å². The highest BCUT2D eigenvalue weighted by Crippen LogP contribution is 2.27. The Bertz CT molecular complexity index is 581. The molecule has 1 aromatic carbocycles. The fraction of sp³-hybridized carbons (Fsp3) is 0.462. The van der Waals surface area contributed by atoms with Crippen LogP contribution >= 0.6 is 0 Å². The molecule has 1 amide bonds. The normalized spacial score (nSPS) is 19.4. The number of methoxy groups -OCH3 is 1. The van der Waals surface area contributed by atoms with E-state index in [9.17, 15) is 13.2 Å². The number of rotatable bonds is 5. The Morgan fingerprint density at radius 2 is 1.95 bits per heavy atom. The van der Waals surface area contributed by atoms with Gasteiger partial charge in [-0.05, 0) is 24.3 Å². The molecule has 1 atom stereocenters. The molecule has 1 heterocycles. The summed E-state index contributed by atoms with van der Waals surface area (Å²) in [5.41, 5.74) is 0.776. The van der Waals surface area contributed by atoms with Gasteiger partial charge in [-0.1, -0.05) is 0 Å². The fourth-order valence-corrected chi connectivity index (χ4v) is 2.56. The van der Waals surface area contributed by atoms with Gasteiger partial charge in [0.15, 0.2) is 0 Å². The van der Waals surface area contributed by atoms with Gasteiger partial charge in [-0.15, -0.1) is 0 Å². The molecule has 110 valence electrons. The number of nitrogens with zero attached hydrogens (tertiary/aromatic N) is 1. The highest BCUT2D eigenvalue weighted by molar-refractivity contribution is 7.85. The van der Waals surface area contributed by atoms with Crippen LogP contribution in [0.25, 0.3) is 0 Å². The number of amides is 1. The van der Waals surface area contributed by atoms with Gasteiger partial charge in [0, 0.05) is 24.6 Å². The van der Waals surface area contributed by atoms with Gasteiger partial charge in [0.2, 0.25) is 5.91 Å². The molecule has 0 spiro atoms. The van der Waals surface area contributed by atoms with E-state index >= 15 is 0 Å². The van der Waals surface area contributed by atoms with Crippen LogP contribution in [0.15, 0.2) is 24.3 Å². The predicted octanol–water partition coefficient (Wildman–Crippen LogP) is 1.02. The van der Waals surface area contributed by atoms with Crippen LogP contribution in [0.3, 0.4) is 0 Å². The number of carbonyl (C=O) groups is 1. The van der Waals surface area contributed by atoms with E-state index in [1.807, 2.05) is 0 Å². The zero-order valence-corrected chi connectivity index (χ0v) is 12.2. The third-order valence-electron chi connectivity index (χ3n) is 3.11. The second-order valence-electron chi connectivity index (χ2n) is 4.76. The molecule has 1 saturated heterocycles. The summed E-state index contributed by atoms with van der Waals surface area (Å²) in [6.07, 6.45) is 1.30. The van der Waals surface area contributed by atoms with Crippen molar-refractivity contribution in [1.29, 1.82) is 0 Å². The largest absolute Gasteiger partial charge is 0.497 e. The van der Waals surface area contributed by atoms with Crippen LogP contribution in [0.4, 0.5) is 5.69 Å². The summed E-state index contributed by atoms with van der Waals surface area (Å²) in [6.45, 7) is 0.498. The van der Waals surface area contributed by atoms with Crippen molar-refractivity contribution in [2.45, 2.75) is 6.42 Å². The van der Waals surface area contributed by atoms with Gasteiger partial charge in [-0.3, -0.25) is 8.98 Å². The Labute approximate surface area is 118 Å². The first-order chi connectivity index (χ1) is 9.39. The maximum Gasteiger partial charge on any atom is 0.264 e. The van der Waals surface area contributed by atoms with Crippen LogP contribution in [-0.4, -0.2) is 40.8 Å². The second-order valence-corrected chi connectivity index (χ2v) is 6.41. The average molecular weight is 299 g/mol. The first-order valence-electron chi connectivity index (χ1n) is 6.18. The Hall–Kier alpha value is -1.60. The molecule has 6 nitrogen and oxygen atoms in total. The number of hydrogen-bond acceptors (Lipinski definition) is 5. The van der Waals surface area contributed by atoms with Crippen molar-refractivity contribution in [2.75, 3.05) is 31.4 Å². The van der Waals surface area contributed by atoms with E-state index in [0.29, 0.717) is 13.0 Å². The molecular weight excluding hydrogens is 282 g/mol. The Morgan fingerprint density at radius 3 is 2.50 bits per heavy atom. The predicted molar refractivity (Wildman–Crippen MR) is 74.2 cm³/mol. The summed E-state index contributed by atoms with van der Waals surface area (Å²) >= 11 is 0. The third-order valence-corrected chi connectivity index (χ3v) is 3.67. The monoisotopic (exact) mass is 299 g/mol. The van der Waals surface area contributed by atoms with Crippen molar-refractivity contribution >= 4 is 21.7 Å². The average Bonchev–Trinajstić information content (AvgIpc) is 2.77. The lowest BCUT2D eigenvalue weighted by atomic mass is 10.1. The van der Waals surface area contributed by atoms with E-state index in [-0.39, 0.29) is 18.4 Å². The lowest BCUT2D eigenvalue weighted by Crippen LogP contribution is -2.25. The minimum atomic E-state index is -3.47. The number of carbonyl (C=O) groups excluding carboxylic acids is 1. The topological polar surface area (TPSA) is 72.9 Å². The summed E-state index contributed by atoms with van der Waals surface area (Å²) in [6, 6.07) is 7.17. The number of ether oxygens (including phenoxy) is 1. The highest BCUT2D eigenvalue weighted by Gasteiger charge is 2.31. The first-order valence-corrected chi connectivity index (χ1v) is 7.99. The lowest BCUT2D eigenvalue weighted by Gasteiger charge is -2.17. The molecule has 1 aliphatic heterocycles. The van der Waals surface area contributed by atoms with Gasteiger partial charge in [0.05, 0.1) is 20.0 Å². The van der Waals surface area contributed by atoms with E-state index in [4.69, 9.17) is 8.92 Å². The number of hydrogen-bond donors (Lipinski definition) is 0. The molecule has 1 fully saturated rings. The zero-order valence-electron chi connectivity index (χ0n) is 11.4. The minimum absolute atomic E-state index is 0.0303. The van der Waals surface area contributed by atoms with E-state index in [2.05, 4.69) is 0 Å². The van der Waals surface area contributed by atoms with E-state index in [1.165, 1.54) is 0 Å². The van der Waals surface area contributed by atoms with Gasteiger partial charge in [0.1, 0.15) is 5.75 Å². The first kappa shape index (κ1) is 14.8. The molecule has 1 aromatic rings. The Kier molecular flexibility index (Phi) is 4.29. The van der Waals surface area contributed by atoms with Gasteiger partial charge in [-0.2, -0.15) is 8.42 Å². The summed E-state index contributed by atoms with van der Waals surface area (Å²) in [4.78, 5) is 13.6. The van der Waals surface area contributed by atoms with Crippen molar-refractivity contribution in [3.63, 3.8) is 0 Å². The Balaban J connectivity index is 2.01. The molecule has 0 radical (unpaired) electrons. The molecular formula is C13H17NO5S. The van der Waals surface area contributed by atoms with Gasteiger partial charge in [-0.25, -0.2) is 0 Å². The standard InChI is InChI=1S/C13H17NO5S/c1-18-12-5-3-11(4-6-12)14-8-10(7-13(14)15)9-19-20(2,16)17/h3-6,10H,7-9H2,1-2H3. The SMILES string of the molecule is COc1ccc(N2CC(COS(C)(=O)=O)CC2=O)cc1. The van der Waals surface area contributed by atoms with Crippen LogP contribution in [0.2, 0.25) is 0 Å². The van der Waals surface area contributed by atoms with Gasteiger partial charge in [0.25, 0.3) is 10.1 Å². The van der Waals surface area contributed by atoms with Crippen molar-refractivity contribution in [2.24, 2.45) is 5.92 Å². The number of benzene rings is 1. The maximum atomic E-state index is 12.0. The smallest absolute Gasteiger partial charge is 0.264 e. The van der Waals surface area contributed by atoms with Crippen LogP contribution < -0.4 is 9.64 Å².